The second-order valence-corrected chi connectivity index (χ2v) is 10.8. The molecular formula is C21H17N3O6S4. The van der Waals surface area contributed by atoms with Crippen LogP contribution in [0.15, 0.2) is 45.1 Å². The average Bonchev–Trinajstić information content (AvgIpc) is 3.39. The number of allylic oxidation sites excluding steroid dienone is 1. The number of amides is 1. The van der Waals surface area contributed by atoms with E-state index >= 15 is 0 Å². The van der Waals surface area contributed by atoms with Crippen molar-refractivity contribution in [3.63, 3.8) is 0 Å². The van der Waals surface area contributed by atoms with E-state index in [4.69, 9.17) is 17.3 Å². The Morgan fingerprint density at radius 1 is 1.03 bits per heavy atom. The third-order valence-electron chi connectivity index (χ3n) is 4.87. The van der Waals surface area contributed by atoms with E-state index in [1.54, 1.807) is 23.9 Å². The van der Waals surface area contributed by atoms with Crippen molar-refractivity contribution in [3.8, 4) is 0 Å². The number of carboxylic acid groups (broad SMARTS) is 2. The monoisotopic (exact) mass is 535 g/mol. The standard InChI is InChI=1S/C21H17N3O6S4/c1-2-22-11-5-3-4-6-12(11)32-14(22)8-7-13-18(29)23(9-15(25)26)20(33-13)17-19(30)24(10-16(27)28)21(31)34-17/h3-8H,2,9-10H2,1H3,(H,25,26)(H,27,28)/b13-7+,14-8+,20-17+. The Balaban J connectivity index is 1.83. The Hall–Kier alpha value is -2.87. The number of hydrogen-bond donors (Lipinski definition) is 2. The van der Waals surface area contributed by atoms with Crippen LogP contribution in [0, 0.1) is 0 Å². The van der Waals surface area contributed by atoms with Crippen molar-refractivity contribution in [1.82, 2.24) is 9.47 Å². The van der Waals surface area contributed by atoms with Crippen LogP contribution in [0.25, 0.3) is 11.0 Å². The number of carbonyl (C=O) groups is 3. The van der Waals surface area contributed by atoms with Crippen molar-refractivity contribution in [3.05, 3.63) is 54.9 Å². The fraction of sp³-hybridized carbons (Fsp3) is 0.190. The van der Waals surface area contributed by atoms with Gasteiger partial charge in [-0.05, 0) is 31.2 Å². The van der Waals surface area contributed by atoms with Crippen LogP contribution in [0.4, 0.5) is 5.69 Å². The zero-order chi connectivity index (χ0) is 24.6. The molecule has 1 aromatic carbocycles. The van der Waals surface area contributed by atoms with Crippen LogP contribution < -0.4 is 19.7 Å². The van der Waals surface area contributed by atoms with Crippen LogP contribution in [-0.2, 0) is 20.9 Å². The molecule has 2 N–H and O–H groups in total. The summed E-state index contributed by atoms with van der Waals surface area (Å²) in [5, 5.41) is 19.3. The van der Waals surface area contributed by atoms with Gasteiger partial charge in [-0.15, -0.1) is 11.3 Å². The van der Waals surface area contributed by atoms with E-state index in [1.165, 1.54) is 0 Å². The number of nitrogens with zero attached hydrogens (tertiary/aromatic N) is 3. The van der Waals surface area contributed by atoms with Gasteiger partial charge >= 0.3 is 11.9 Å². The molecule has 0 unspecified atom stereocenters. The van der Waals surface area contributed by atoms with Crippen LogP contribution in [0.5, 0.6) is 0 Å². The highest BCUT2D eigenvalue weighted by Gasteiger charge is 2.35. The zero-order valence-electron chi connectivity index (χ0n) is 17.6. The molecule has 0 atom stereocenters. The SMILES string of the molecule is CCN1/C(=C\C=c2\s/c(=C3/SC(=S)N(CC(=O)O)C3=O)n(CC(=O)O)c2=O)Sc2ccccc21. The molecule has 0 radical (unpaired) electrons. The molecule has 0 bridgehead atoms. The molecule has 0 saturated carbocycles. The van der Waals surface area contributed by atoms with Crippen molar-refractivity contribution in [2.75, 3.05) is 18.0 Å². The Bertz CT molecular complexity index is 1440. The third kappa shape index (κ3) is 4.56. The quantitative estimate of drug-likeness (QED) is 0.524. The van der Waals surface area contributed by atoms with E-state index in [9.17, 15) is 24.3 Å². The predicted molar refractivity (Wildman–Crippen MR) is 136 cm³/mol. The van der Waals surface area contributed by atoms with Gasteiger partial charge in [0.05, 0.1) is 15.2 Å². The van der Waals surface area contributed by atoms with Crippen molar-refractivity contribution in [2.24, 2.45) is 0 Å². The summed E-state index contributed by atoms with van der Waals surface area (Å²) in [5.41, 5.74) is 0.520. The first-order chi connectivity index (χ1) is 16.2. The minimum Gasteiger partial charge on any atom is -0.480 e. The minimum atomic E-state index is -1.24. The summed E-state index contributed by atoms with van der Waals surface area (Å²) >= 11 is 8.52. The maximum absolute atomic E-state index is 13.1. The van der Waals surface area contributed by atoms with E-state index in [2.05, 4.69) is 4.90 Å². The lowest BCUT2D eigenvalue weighted by Crippen LogP contribution is -2.36. The molecule has 13 heteroatoms. The number of fused-ring (bicyclic) bond motifs is 1. The van der Waals surface area contributed by atoms with Gasteiger partial charge in [0.15, 0.2) is 0 Å². The second-order valence-electron chi connectivity index (χ2n) is 7.02. The maximum atomic E-state index is 13.1. The van der Waals surface area contributed by atoms with Crippen LogP contribution in [0.1, 0.15) is 6.92 Å². The largest absolute Gasteiger partial charge is 0.480 e. The van der Waals surface area contributed by atoms with Gasteiger partial charge in [0.2, 0.25) is 0 Å². The van der Waals surface area contributed by atoms with E-state index in [0.29, 0.717) is 0 Å². The van der Waals surface area contributed by atoms with Crippen LogP contribution in [-0.4, -0.2) is 54.9 Å². The summed E-state index contributed by atoms with van der Waals surface area (Å²) in [5.74, 6) is -3.14. The molecule has 1 saturated heterocycles. The van der Waals surface area contributed by atoms with Crippen molar-refractivity contribution in [2.45, 2.75) is 18.4 Å². The number of benzene rings is 1. The number of carboxylic acids is 2. The Morgan fingerprint density at radius 2 is 1.74 bits per heavy atom. The number of aliphatic carboxylic acids is 2. The Kier molecular flexibility index (Phi) is 6.98. The van der Waals surface area contributed by atoms with Gasteiger partial charge in [-0.25, -0.2) is 0 Å². The van der Waals surface area contributed by atoms with E-state index < -0.39 is 36.5 Å². The molecule has 2 aliphatic heterocycles. The van der Waals surface area contributed by atoms with Gasteiger partial charge in [0, 0.05) is 11.4 Å². The normalized spacial score (nSPS) is 18.9. The fourth-order valence-electron chi connectivity index (χ4n) is 3.43. The van der Waals surface area contributed by atoms with E-state index in [0.717, 1.165) is 54.7 Å². The molecule has 0 aliphatic carbocycles. The van der Waals surface area contributed by atoms with Gasteiger partial charge in [0.1, 0.15) is 27.0 Å². The summed E-state index contributed by atoms with van der Waals surface area (Å²) in [4.78, 5) is 52.5. The van der Waals surface area contributed by atoms with Crippen molar-refractivity contribution in [1.29, 1.82) is 0 Å². The lowest BCUT2D eigenvalue weighted by atomic mass is 10.3. The first-order valence-corrected chi connectivity index (χ1v) is 12.7. The predicted octanol–water partition coefficient (Wildman–Crippen LogP) is 1.30. The van der Waals surface area contributed by atoms with Gasteiger partial charge in [-0.1, -0.05) is 47.9 Å². The lowest BCUT2D eigenvalue weighted by molar-refractivity contribution is -0.140. The molecule has 4 rings (SSSR count). The molecular weight excluding hydrogens is 519 g/mol. The smallest absolute Gasteiger partial charge is 0.323 e. The van der Waals surface area contributed by atoms with Crippen LogP contribution in [0.2, 0.25) is 0 Å². The molecule has 1 aromatic heterocycles. The number of hydrogen-bond acceptors (Lipinski definition) is 9. The summed E-state index contributed by atoms with van der Waals surface area (Å²) in [7, 11) is 0. The first-order valence-electron chi connectivity index (χ1n) is 9.89. The molecule has 0 spiro atoms. The lowest BCUT2D eigenvalue weighted by Gasteiger charge is -2.17. The zero-order valence-corrected chi connectivity index (χ0v) is 20.9. The highest BCUT2D eigenvalue weighted by molar-refractivity contribution is 8.30. The second kappa shape index (κ2) is 9.78. The van der Waals surface area contributed by atoms with Crippen LogP contribution >= 0.6 is 47.1 Å². The number of thiazole rings is 1. The number of anilines is 1. The molecule has 2 aromatic rings. The number of aromatic nitrogens is 1. The summed E-state index contributed by atoms with van der Waals surface area (Å²) in [6.07, 6.45) is 3.41. The molecule has 176 valence electrons. The highest BCUT2D eigenvalue weighted by atomic mass is 32.2. The molecule has 34 heavy (non-hydrogen) atoms. The number of rotatable bonds is 6. The van der Waals surface area contributed by atoms with Gasteiger partial charge < -0.3 is 15.1 Å². The molecule has 1 fully saturated rings. The fourth-order valence-corrected chi connectivity index (χ4v) is 7.01. The van der Waals surface area contributed by atoms with E-state index in [1.807, 2.05) is 31.2 Å². The van der Waals surface area contributed by atoms with Gasteiger partial charge in [-0.2, -0.15) is 0 Å². The Labute approximate surface area is 210 Å². The average molecular weight is 536 g/mol. The Morgan fingerprint density at radius 3 is 2.41 bits per heavy atom. The van der Waals surface area contributed by atoms with Gasteiger partial charge in [-0.3, -0.25) is 28.6 Å². The van der Waals surface area contributed by atoms with Crippen molar-refractivity contribution >= 4 is 85.9 Å². The first kappa shape index (κ1) is 24.3. The number of carbonyl (C=O) groups excluding carboxylic acids is 1. The molecule has 9 nitrogen and oxygen atoms in total. The molecule has 1 amide bonds. The minimum absolute atomic E-state index is 0.0384. The maximum Gasteiger partial charge on any atom is 0.323 e. The molecule has 2 aliphatic rings. The van der Waals surface area contributed by atoms with Crippen LogP contribution in [0.3, 0.4) is 0 Å². The highest BCUT2D eigenvalue weighted by Crippen LogP contribution is 2.45. The van der Waals surface area contributed by atoms with E-state index in [-0.39, 0.29) is 18.4 Å². The number of para-hydroxylation sites is 1. The third-order valence-corrected chi connectivity index (χ3v) is 8.71. The topological polar surface area (TPSA) is 120 Å². The number of thioether (sulfide) groups is 2. The summed E-state index contributed by atoms with van der Waals surface area (Å²) in [6.45, 7) is 1.49. The van der Waals surface area contributed by atoms with Crippen molar-refractivity contribution < 1.29 is 24.6 Å². The number of thiocarbonyl (C=S) groups is 1. The molecule has 3 heterocycles. The van der Waals surface area contributed by atoms with Gasteiger partial charge in [0.25, 0.3) is 11.5 Å². The summed E-state index contributed by atoms with van der Waals surface area (Å²) < 4.78 is 1.44. The summed E-state index contributed by atoms with van der Waals surface area (Å²) in [6, 6.07) is 7.93.